The first-order valence-corrected chi connectivity index (χ1v) is 11.3. The SMILES string of the molecule is C=C(OCC)c1nn(C2CC2)c(C)c1C(Nc1cc(C)c(=O)n(C)c1)c1ccc(Cl)cc1. The quantitative estimate of drug-likeness (QED) is 0.465. The molecule has 2 heterocycles. The molecule has 6 nitrogen and oxygen atoms in total. The molecule has 2 aromatic heterocycles. The Labute approximate surface area is 193 Å². The smallest absolute Gasteiger partial charge is 0.253 e. The lowest BCUT2D eigenvalue weighted by Crippen LogP contribution is -2.21. The van der Waals surface area contributed by atoms with Crippen molar-refractivity contribution < 1.29 is 4.74 Å². The topological polar surface area (TPSA) is 61.1 Å². The summed E-state index contributed by atoms with van der Waals surface area (Å²) in [5.41, 5.74) is 5.39. The van der Waals surface area contributed by atoms with Crippen LogP contribution in [0.4, 0.5) is 5.69 Å². The van der Waals surface area contributed by atoms with Crippen molar-refractivity contribution in [2.45, 2.75) is 45.7 Å². The molecular weight excluding hydrogens is 424 g/mol. The molecule has 1 unspecified atom stereocenters. The van der Waals surface area contributed by atoms with Crippen molar-refractivity contribution in [2.75, 3.05) is 11.9 Å². The van der Waals surface area contributed by atoms with Gasteiger partial charge in [-0.25, -0.2) is 0 Å². The first kappa shape index (κ1) is 22.2. The summed E-state index contributed by atoms with van der Waals surface area (Å²) in [6.07, 6.45) is 4.07. The Kier molecular flexibility index (Phi) is 6.15. The Morgan fingerprint density at radius 3 is 2.59 bits per heavy atom. The van der Waals surface area contributed by atoms with Crippen LogP contribution < -0.4 is 10.9 Å². The number of nitrogens with one attached hydrogen (secondary N) is 1. The molecule has 1 aromatic carbocycles. The second-order valence-electron chi connectivity index (χ2n) is 8.34. The predicted octanol–water partition coefficient (Wildman–Crippen LogP) is 5.40. The van der Waals surface area contributed by atoms with Gasteiger partial charge in [-0.05, 0) is 57.4 Å². The van der Waals surface area contributed by atoms with E-state index in [2.05, 4.69) is 23.5 Å². The summed E-state index contributed by atoms with van der Waals surface area (Å²) in [5, 5.41) is 9.23. The summed E-state index contributed by atoms with van der Waals surface area (Å²) in [7, 11) is 1.76. The van der Waals surface area contributed by atoms with Gasteiger partial charge in [-0.2, -0.15) is 5.10 Å². The van der Waals surface area contributed by atoms with Crippen molar-refractivity contribution in [2.24, 2.45) is 7.05 Å². The Morgan fingerprint density at radius 1 is 1.31 bits per heavy atom. The van der Waals surface area contributed by atoms with Crippen molar-refractivity contribution in [1.82, 2.24) is 14.3 Å². The molecule has 168 valence electrons. The number of aryl methyl sites for hydroxylation is 2. The van der Waals surface area contributed by atoms with Crippen molar-refractivity contribution in [3.05, 3.63) is 86.6 Å². The summed E-state index contributed by atoms with van der Waals surface area (Å²) < 4.78 is 9.48. The van der Waals surface area contributed by atoms with E-state index in [1.54, 1.807) is 11.6 Å². The van der Waals surface area contributed by atoms with Gasteiger partial charge in [0.05, 0.1) is 24.4 Å². The minimum absolute atomic E-state index is 0.0123. The van der Waals surface area contributed by atoms with E-state index in [9.17, 15) is 4.79 Å². The van der Waals surface area contributed by atoms with Crippen LogP contribution in [-0.2, 0) is 11.8 Å². The highest BCUT2D eigenvalue weighted by atomic mass is 35.5. The molecule has 3 aromatic rings. The number of pyridine rings is 1. The summed E-state index contributed by atoms with van der Waals surface area (Å²) in [6.45, 7) is 10.5. The van der Waals surface area contributed by atoms with Gasteiger partial charge >= 0.3 is 0 Å². The molecule has 1 N–H and O–H groups in total. The largest absolute Gasteiger partial charge is 0.492 e. The third kappa shape index (κ3) is 4.32. The van der Waals surface area contributed by atoms with Crippen LogP contribution in [0.25, 0.3) is 5.76 Å². The molecule has 1 saturated carbocycles. The fourth-order valence-electron chi connectivity index (χ4n) is 4.10. The average Bonchev–Trinajstić information content (AvgIpc) is 3.54. The van der Waals surface area contributed by atoms with Crippen molar-refractivity contribution in [3.63, 3.8) is 0 Å². The van der Waals surface area contributed by atoms with Gasteiger partial charge in [-0.3, -0.25) is 9.48 Å². The average molecular weight is 453 g/mol. The molecule has 1 atom stereocenters. The molecule has 1 fully saturated rings. The first-order valence-electron chi connectivity index (χ1n) is 10.9. The van der Waals surface area contributed by atoms with Crippen LogP contribution in [0.1, 0.15) is 59.9 Å². The van der Waals surface area contributed by atoms with Crippen LogP contribution in [0.15, 0.2) is 47.9 Å². The van der Waals surface area contributed by atoms with Crippen LogP contribution in [-0.4, -0.2) is 21.0 Å². The van der Waals surface area contributed by atoms with E-state index in [0.717, 1.165) is 41.0 Å². The molecule has 32 heavy (non-hydrogen) atoms. The third-order valence-corrected chi connectivity index (χ3v) is 6.09. The summed E-state index contributed by atoms with van der Waals surface area (Å²) in [4.78, 5) is 12.2. The van der Waals surface area contributed by atoms with Gasteiger partial charge in [-0.1, -0.05) is 30.3 Å². The summed E-state index contributed by atoms with van der Waals surface area (Å²) >= 11 is 6.18. The maximum atomic E-state index is 12.2. The highest BCUT2D eigenvalue weighted by Gasteiger charge is 2.32. The zero-order valence-corrected chi connectivity index (χ0v) is 19.7. The molecule has 0 radical (unpaired) electrons. The zero-order valence-electron chi connectivity index (χ0n) is 19.0. The lowest BCUT2D eigenvalue weighted by atomic mass is 9.95. The molecule has 0 spiro atoms. The monoisotopic (exact) mass is 452 g/mol. The number of benzene rings is 1. The number of aromatic nitrogens is 3. The van der Waals surface area contributed by atoms with Gasteiger partial charge in [0.2, 0.25) is 0 Å². The number of nitrogens with zero attached hydrogens (tertiary/aromatic N) is 3. The van der Waals surface area contributed by atoms with E-state index in [0.29, 0.717) is 29.0 Å². The standard InChI is InChI=1S/C25H29ClN4O2/c1-6-32-17(4)23-22(16(3)30(28-23)21-11-12-21)24(18-7-9-19(26)10-8-18)27-20-13-15(2)25(31)29(5)14-20/h7-10,13-14,21,24,27H,4,6,11-12H2,1-3,5H3. The molecule has 1 aliphatic carbocycles. The number of ether oxygens (including phenoxy) is 1. The molecule has 0 bridgehead atoms. The van der Waals surface area contributed by atoms with Gasteiger partial charge in [0.25, 0.3) is 5.56 Å². The van der Waals surface area contributed by atoms with Gasteiger partial charge in [0.15, 0.2) is 0 Å². The fraction of sp³-hybridized carbons (Fsp3) is 0.360. The van der Waals surface area contributed by atoms with Gasteiger partial charge in [0.1, 0.15) is 11.5 Å². The molecule has 0 saturated heterocycles. The van der Waals surface area contributed by atoms with Gasteiger partial charge in [-0.15, -0.1) is 0 Å². The van der Waals surface area contributed by atoms with E-state index in [1.807, 2.05) is 50.4 Å². The number of rotatable bonds is 8. The van der Waals surface area contributed by atoms with E-state index in [4.69, 9.17) is 21.4 Å². The minimum Gasteiger partial charge on any atom is -0.492 e. The van der Waals surface area contributed by atoms with Crippen molar-refractivity contribution in [1.29, 1.82) is 0 Å². The van der Waals surface area contributed by atoms with E-state index in [-0.39, 0.29) is 11.6 Å². The summed E-state index contributed by atoms with van der Waals surface area (Å²) in [5.74, 6) is 0.558. The summed E-state index contributed by atoms with van der Waals surface area (Å²) in [6, 6.07) is 9.85. The van der Waals surface area contributed by atoms with Crippen LogP contribution >= 0.6 is 11.6 Å². The number of hydrogen-bond acceptors (Lipinski definition) is 4. The Hall–Kier alpha value is -2.99. The van der Waals surface area contributed by atoms with E-state index >= 15 is 0 Å². The van der Waals surface area contributed by atoms with Gasteiger partial charge < -0.3 is 14.6 Å². The van der Waals surface area contributed by atoms with Crippen LogP contribution in [0, 0.1) is 13.8 Å². The lowest BCUT2D eigenvalue weighted by molar-refractivity contribution is 0.297. The van der Waals surface area contributed by atoms with Crippen LogP contribution in [0.2, 0.25) is 5.02 Å². The first-order chi connectivity index (χ1) is 15.3. The highest BCUT2D eigenvalue weighted by molar-refractivity contribution is 6.30. The fourth-order valence-corrected chi connectivity index (χ4v) is 4.23. The zero-order chi connectivity index (χ0) is 23.0. The lowest BCUT2D eigenvalue weighted by Gasteiger charge is -2.23. The second kappa shape index (κ2) is 8.87. The molecule has 4 rings (SSSR count). The molecule has 0 aliphatic heterocycles. The van der Waals surface area contributed by atoms with Gasteiger partial charge in [0, 0.05) is 35.1 Å². The third-order valence-electron chi connectivity index (χ3n) is 5.84. The Morgan fingerprint density at radius 2 is 2.00 bits per heavy atom. The van der Waals surface area contributed by atoms with E-state index in [1.165, 1.54) is 0 Å². The number of anilines is 1. The molecule has 7 heteroatoms. The van der Waals surface area contributed by atoms with Crippen molar-refractivity contribution in [3.8, 4) is 0 Å². The minimum atomic E-state index is -0.233. The number of halogens is 1. The highest BCUT2D eigenvalue weighted by Crippen LogP contribution is 2.41. The van der Waals surface area contributed by atoms with Crippen LogP contribution in [0.5, 0.6) is 0 Å². The number of hydrogen-bond donors (Lipinski definition) is 1. The predicted molar refractivity (Wildman–Crippen MR) is 129 cm³/mol. The second-order valence-corrected chi connectivity index (χ2v) is 8.77. The maximum Gasteiger partial charge on any atom is 0.253 e. The molecular formula is C25H29ClN4O2. The maximum absolute atomic E-state index is 12.2. The molecule has 1 aliphatic rings. The Bertz CT molecular complexity index is 1180. The van der Waals surface area contributed by atoms with E-state index < -0.39 is 0 Å². The Balaban J connectivity index is 1.87. The normalized spacial score (nSPS) is 14.3. The van der Waals surface area contributed by atoms with Crippen LogP contribution in [0.3, 0.4) is 0 Å². The van der Waals surface area contributed by atoms with Crippen molar-refractivity contribution >= 4 is 23.0 Å². The molecule has 0 amide bonds.